The molecular formula is C14H27NO. The molecule has 1 fully saturated rings. The van der Waals surface area contributed by atoms with E-state index in [1.807, 2.05) is 0 Å². The van der Waals surface area contributed by atoms with Crippen molar-refractivity contribution < 1.29 is 4.74 Å². The highest BCUT2D eigenvalue weighted by Crippen LogP contribution is 2.30. The SMILES string of the molecule is CCCCCCN=C(C)CC(C)C1OC1C. The van der Waals surface area contributed by atoms with Crippen LogP contribution in [0.3, 0.4) is 0 Å². The van der Waals surface area contributed by atoms with Crippen molar-refractivity contribution in [3.05, 3.63) is 0 Å². The molecule has 0 N–H and O–H groups in total. The van der Waals surface area contributed by atoms with Crippen LogP contribution in [0.25, 0.3) is 0 Å². The molecule has 1 saturated heterocycles. The molecule has 1 aliphatic heterocycles. The molecule has 0 saturated carbocycles. The minimum Gasteiger partial charge on any atom is -0.370 e. The van der Waals surface area contributed by atoms with E-state index in [9.17, 15) is 0 Å². The summed E-state index contributed by atoms with van der Waals surface area (Å²) in [6.45, 7) is 9.83. The minimum atomic E-state index is 0.479. The highest BCUT2D eigenvalue weighted by Gasteiger charge is 2.38. The Morgan fingerprint density at radius 3 is 2.56 bits per heavy atom. The largest absolute Gasteiger partial charge is 0.370 e. The smallest absolute Gasteiger partial charge is 0.0868 e. The number of ether oxygens (including phenoxy) is 1. The third kappa shape index (κ3) is 5.11. The van der Waals surface area contributed by atoms with Gasteiger partial charge in [-0.25, -0.2) is 0 Å². The predicted octanol–water partition coefficient (Wildman–Crippen LogP) is 3.84. The first-order chi connectivity index (χ1) is 7.65. The van der Waals surface area contributed by atoms with E-state index in [2.05, 4.69) is 32.7 Å². The summed E-state index contributed by atoms with van der Waals surface area (Å²) in [5.74, 6) is 0.634. The van der Waals surface area contributed by atoms with Crippen molar-refractivity contribution in [2.75, 3.05) is 6.54 Å². The highest BCUT2D eigenvalue weighted by atomic mass is 16.6. The van der Waals surface area contributed by atoms with Gasteiger partial charge < -0.3 is 4.74 Å². The van der Waals surface area contributed by atoms with Gasteiger partial charge in [-0.3, -0.25) is 4.99 Å². The molecule has 1 rings (SSSR count). The lowest BCUT2D eigenvalue weighted by Crippen LogP contribution is -2.10. The van der Waals surface area contributed by atoms with E-state index in [-0.39, 0.29) is 0 Å². The van der Waals surface area contributed by atoms with Crippen LogP contribution >= 0.6 is 0 Å². The third-order valence-electron chi connectivity index (χ3n) is 3.33. The number of rotatable bonds is 8. The fourth-order valence-electron chi connectivity index (χ4n) is 2.25. The topological polar surface area (TPSA) is 24.9 Å². The zero-order valence-corrected chi connectivity index (χ0v) is 11.3. The van der Waals surface area contributed by atoms with Crippen molar-refractivity contribution in [3.8, 4) is 0 Å². The molecule has 1 heterocycles. The standard InChI is InChI=1S/C14H27NO/c1-5-6-7-8-9-15-12(3)10-11(2)14-13(4)16-14/h11,13-14H,5-10H2,1-4H3. The summed E-state index contributed by atoms with van der Waals surface area (Å²) in [7, 11) is 0. The van der Waals surface area contributed by atoms with Crippen LogP contribution in [0.2, 0.25) is 0 Å². The fourth-order valence-corrected chi connectivity index (χ4v) is 2.25. The normalized spacial score (nSPS) is 26.9. The molecular weight excluding hydrogens is 198 g/mol. The fraction of sp³-hybridized carbons (Fsp3) is 0.929. The molecule has 0 aliphatic carbocycles. The van der Waals surface area contributed by atoms with Gasteiger partial charge in [0.25, 0.3) is 0 Å². The van der Waals surface area contributed by atoms with Crippen molar-refractivity contribution in [1.82, 2.24) is 0 Å². The van der Waals surface area contributed by atoms with E-state index in [0.29, 0.717) is 18.1 Å². The molecule has 3 unspecified atom stereocenters. The first kappa shape index (κ1) is 13.7. The summed E-state index contributed by atoms with van der Waals surface area (Å²) < 4.78 is 5.48. The zero-order valence-electron chi connectivity index (χ0n) is 11.3. The van der Waals surface area contributed by atoms with Gasteiger partial charge in [0.15, 0.2) is 0 Å². The van der Waals surface area contributed by atoms with E-state index in [1.54, 1.807) is 0 Å². The number of hydrogen-bond acceptors (Lipinski definition) is 2. The van der Waals surface area contributed by atoms with Gasteiger partial charge >= 0.3 is 0 Å². The van der Waals surface area contributed by atoms with Crippen LogP contribution in [0, 0.1) is 5.92 Å². The Kier molecular flexibility index (Phi) is 6.04. The van der Waals surface area contributed by atoms with Crippen molar-refractivity contribution >= 4 is 5.71 Å². The monoisotopic (exact) mass is 225 g/mol. The van der Waals surface area contributed by atoms with E-state index in [4.69, 9.17) is 4.74 Å². The maximum atomic E-state index is 5.48. The average Bonchev–Trinajstić information content (AvgIpc) is 2.95. The lowest BCUT2D eigenvalue weighted by atomic mass is 9.99. The molecule has 2 nitrogen and oxygen atoms in total. The van der Waals surface area contributed by atoms with Gasteiger partial charge in [-0.05, 0) is 32.6 Å². The van der Waals surface area contributed by atoms with E-state index in [1.165, 1.54) is 31.4 Å². The van der Waals surface area contributed by atoms with Gasteiger partial charge in [-0.15, -0.1) is 0 Å². The van der Waals surface area contributed by atoms with Crippen LogP contribution in [0.1, 0.15) is 59.8 Å². The number of epoxide rings is 1. The van der Waals surface area contributed by atoms with Gasteiger partial charge in [0.05, 0.1) is 12.2 Å². The Hall–Kier alpha value is -0.370. The lowest BCUT2D eigenvalue weighted by molar-refractivity contribution is 0.332. The molecule has 2 heteroatoms. The molecule has 16 heavy (non-hydrogen) atoms. The summed E-state index contributed by atoms with van der Waals surface area (Å²) in [4.78, 5) is 4.63. The Bertz CT molecular complexity index is 225. The first-order valence-corrected chi connectivity index (χ1v) is 6.80. The van der Waals surface area contributed by atoms with Crippen molar-refractivity contribution in [2.24, 2.45) is 10.9 Å². The second-order valence-corrected chi connectivity index (χ2v) is 5.16. The Morgan fingerprint density at radius 2 is 2.00 bits per heavy atom. The second kappa shape index (κ2) is 7.05. The van der Waals surface area contributed by atoms with Gasteiger partial charge in [0, 0.05) is 12.3 Å². The maximum Gasteiger partial charge on any atom is 0.0868 e. The van der Waals surface area contributed by atoms with Crippen molar-refractivity contribution in [3.63, 3.8) is 0 Å². The quantitative estimate of drug-likeness (QED) is 0.350. The summed E-state index contributed by atoms with van der Waals surface area (Å²) in [6, 6.07) is 0. The van der Waals surface area contributed by atoms with Gasteiger partial charge in [0.2, 0.25) is 0 Å². The van der Waals surface area contributed by atoms with Crippen LogP contribution in [0.4, 0.5) is 0 Å². The Labute approximate surface area is 100 Å². The molecule has 0 bridgehead atoms. The van der Waals surface area contributed by atoms with Gasteiger partial charge in [0.1, 0.15) is 0 Å². The van der Waals surface area contributed by atoms with Crippen LogP contribution in [-0.4, -0.2) is 24.5 Å². The highest BCUT2D eigenvalue weighted by molar-refractivity contribution is 5.82. The minimum absolute atomic E-state index is 0.479. The molecule has 3 atom stereocenters. The zero-order chi connectivity index (χ0) is 12.0. The molecule has 0 amide bonds. The molecule has 0 spiro atoms. The molecule has 94 valence electrons. The molecule has 0 aromatic rings. The molecule has 0 radical (unpaired) electrons. The Morgan fingerprint density at radius 1 is 1.31 bits per heavy atom. The lowest BCUT2D eigenvalue weighted by Gasteiger charge is -2.07. The van der Waals surface area contributed by atoms with Crippen molar-refractivity contribution in [1.29, 1.82) is 0 Å². The number of nitrogens with zero attached hydrogens (tertiary/aromatic N) is 1. The van der Waals surface area contributed by atoms with Crippen LogP contribution in [0.15, 0.2) is 4.99 Å². The summed E-state index contributed by atoms with van der Waals surface area (Å²) in [6.07, 6.45) is 7.29. The van der Waals surface area contributed by atoms with Gasteiger partial charge in [-0.1, -0.05) is 33.1 Å². The van der Waals surface area contributed by atoms with E-state index < -0.39 is 0 Å². The summed E-state index contributed by atoms with van der Waals surface area (Å²) in [5, 5.41) is 0. The summed E-state index contributed by atoms with van der Waals surface area (Å²) >= 11 is 0. The summed E-state index contributed by atoms with van der Waals surface area (Å²) in [5.41, 5.74) is 1.30. The Balaban J connectivity index is 2.08. The van der Waals surface area contributed by atoms with Crippen LogP contribution < -0.4 is 0 Å². The molecule has 1 aliphatic rings. The van der Waals surface area contributed by atoms with Crippen LogP contribution in [0.5, 0.6) is 0 Å². The molecule has 0 aromatic carbocycles. The number of hydrogen-bond donors (Lipinski definition) is 0. The number of unbranched alkanes of at least 4 members (excludes halogenated alkanes) is 3. The number of aliphatic imine (C=N–C) groups is 1. The predicted molar refractivity (Wildman–Crippen MR) is 70.2 cm³/mol. The van der Waals surface area contributed by atoms with E-state index >= 15 is 0 Å². The van der Waals surface area contributed by atoms with Gasteiger partial charge in [-0.2, -0.15) is 0 Å². The first-order valence-electron chi connectivity index (χ1n) is 6.80. The van der Waals surface area contributed by atoms with Crippen molar-refractivity contribution in [2.45, 2.75) is 72.0 Å². The molecule has 0 aromatic heterocycles. The van der Waals surface area contributed by atoms with E-state index in [0.717, 1.165) is 13.0 Å². The third-order valence-corrected chi connectivity index (χ3v) is 3.33. The van der Waals surface area contributed by atoms with Crippen LogP contribution in [-0.2, 0) is 4.74 Å². The maximum absolute atomic E-state index is 5.48. The second-order valence-electron chi connectivity index (χ2n) is 5.16. The average molecular weight is 225 g/mol.